The second-order valence-corrected chi connectivity index (χ2v) is 1.29. The predicted octanol–water partition coefficient (Wildman–Crippen LogP) is -0.837. The Morgan fingerprint density at radius 3 is 2.38 bits per heavy atom. The highest BCUT2D eigenvalue weighted by atomic mass is 15.3. The van der Waals surface area contributed by atoms with Gasteiger partial charge in [-0.05, 0) is 6.92 Å². The molecule has 0 saturated heterocycles. The summed E-state index contributed by atoms with van der Waals surface area (Å²) in [7, 11) is 0. The molecular formula is C4H8N4. The topological polar surface area (TPSA) is 87.9 Å². The van der Waals surface area contributed by atoms with Crippen molar-refractivity contribution in [3.05, 3.63) is 11.4 Å². The van der Waals surface area contributed by atoms with Crippen molar-refractivity contribution in [3.8, 4) is 6.07 Å². The molecule has 4 heteroatoms. The number of hydrogen-bond acceptors (Lipinski definition) is 4. The molecule has 0 heterocycles. The van der Waals surface area contributed by atoms with Crippen LogP contribution in [-0.2, 0) is 0 Å². The first-order valence-electron chi connectivity index (χ1n) is 2.05. The van der Waals surface area contributed by atoms with Crippen LogP contribution in [0.1, 0.15) is 6.92 Å². The maximum absolute atomic E-state index is 8.15. The number of nitriles is 1. The summed E-state index contributed by atoms with van der Waals surface area (Å²) < 4.78 is 0. The molecule has 0 bridgehead atoms. The zero-order valence-corrected chi connectivity index (χ0v) is 4.60. The molecule has 0 aromatic carbocycles. The highest BCUT2D eigenvalue weighted by Crippen LogP contribution is 1.87. The fourth-order valence-corrected chi connectivity index (χ4v) is 0.168. The van der Waals surface area contributed by atoms with Gasteiger partial charge in [-0.15, -0.1) is 0 Å². The zero-order valence-electron chi connectivity index (χ0n) is 4.60. The molecule has 0 aromatic heterocycles. The van der Waals surface area contributed by atoms with Gasteiger partial charge in [0.05, 0.1) is 11.6 Å². The van der Waals surface area contributed by atoms with E-state index in [9.17, 15) is 0 Å². The van der Waals surface area contributed by atoms with Crippen molar-refractivity contribution < 1.29 is 0 Å². The molecular weight excluding hydrogens is 104 g/mol. The van der Waals surface area contributed by atoms with Crippen molar-refractivity contribution in [2.24, 2.45) is 11.6 Å². The fourth-order valence-electron chi connectivity index (χ4n) is 0.168. The quantitative estimate of drug-likeness (QED) is 0.234. The SMILES string of the molecule is C/C(C#N)=C(/N)NN. The van der Waals surface area contributed by atoms with Crippen LogP contribution in [0, 0.1) is 11.3 Å². The molecule has 0 fully saturated rings. The summed E-state index contributed by atoms with van der Waals surface area (Å²) in [4.78, 5) is 0. The molecule has 0 aliphatic heterocycles. The molecule has 8 heavy (non-hydrogen) atoms. The largest absolute Gasteiger partial charge is 0.384 e. The normalized spacial score (nSPS) is 11.6. The molecule has 0 amide bonds. The Morgan fingerprint density at radius 2 is 2.25 bits per heavy atom. The molecule has 5 N–H and O–H groups in total. The average Bonchev–Trinajstić information content (AvgIpc) is 1.84. The minimum Gasteiger partial charge on any atom is -0.384 e. The van der Waals surface area contributed by atoms with Crippen molar-refractivity contribution >= 4 is 0 Å². The third kappa shape index (κ3) is 1.49. The Balaban J connectivity index is 4.10. The number of allylic oxidation sites excluding steroid dienone is 1. The molecule has 0 aromatic rings. The maximum Gasteiger partial charge on any atom is 0.124 e. The van der Waals surface area contributed by atoms with E-state index in [1.165, 1.54) is 0 Å². The molecule has 0 saturated carbocycles. The first-order chi connectivity index (χ1) is 3.72. The van der Waals surface area contributed by atoms with Crippen LogP contribution < -0.4 is 17.0 Å². The van der Waals surface area contributed by atoms with Gasteiger partial charge in [-0.2, -0.15) is 5.26 Å². The average molecular weight is 112 g/mol. The van der Waals surface area contributed by atoms with E-state index in [0.717, 1.165) is 0 Å². The Bertz CT molecular complexity index is 141. The van der Waals surface area contributed by atoms with E-state index in [-0.39, 0.29) is 5.82 Å². The Labute approximate surface area is 47.7 Å². The van der Waals surface area contributed by atoms with Gasteiger partial charge < -0.3 is 11.2 Å². The highest BCUT2D eigenvalue weighted by molar-refractivity contribution is 5.21. The number of rotatable bonds is 1. The lowest BCUT2D eigenvalue weighted by Gasteiger charge is -1.96. The van der Waals surface area contributed by atoms with Crippen molar-refractivity contribution in [2.75, 3.05) is 0 Å². The van der Waals surface area contributed by atoms with Crippen LogP contribution in [0.5, 0.6) is 0 Å². The summed E-state index contributed by atoms with van der Waals surface area (Å²) in [5.41, 5.74) is 7.69. The zero-order chi connectivity index (χ0) is 6.57. The van der Waals surface area contributed by atoms with Crippen molar-refractivity contribution in [1.29, 1.82) is 5.26 Å². The second kappa shape index (κ2) is 2.88. The number of nitrogens with zero attached hydrogens (tertiary/aromatic N) is 1. The van der Waals surface area contributed by atoms with E-state index in [4.69, 9.17) is 16.8 Å². The Morgan fingerprint density at radius 1 is 1.75 bits per heavy atom. The van der Waals surface area contributed by atoms with Gasteiger partial charge in [0.2, 0.25) is 0 Å². The van der Waals surface area contributed by atoms with E-state index in [0.29, 0.717) is 5.57 Å². The molecule has 0 aliphatic rings. The summed E-state index contributed by atoms with van der Waals surface area (Å²) in [6, 6.07) is 1.83. The van der Waals surface area contributed by atoms with Crippen LogP contribution in [0.4, 0.5) is 0 Å². The second-order valence-electron chi connectivity index (χ2n) is 1.29. The summed E-state index contributed by atoms with van der Waals surface area (Å²) in [5.74, 6) is 5.08. The van der Waals surface area contributed by atoms with E-state index < -0.39 is 0 Å². The molecule has 0 spiro atoms. The van der Waals surface area contributed by atoms with Crippen LogP contribution in [0.2, 0.25) is 0 Å². The molecule has 0 rings (SSSR count). The first-order valence-corrected chi connectivity index (χ1v) is 2.05. The number of nitrogens with one attached hydrogen (secondary N) is 1. The van der Waals surface area contributed by atoms with Crippen LogP contribution >= 0.6 is 0 Å². The first kappa shape index (κ1) is 6.79. The van der Waals surface area contributed by atoms with Crippen molar-refractivity contribution in [1.82, 2.24) is 5.43 Å². The Kier molecular flexibility index (Phi) is 2.45. The number of hydrazine groups is 1. The van der Waals surface area contributed by atoms with Crippen LogP contribution in [0.15, 0.2) is 11.4 Å². The van der Waals surface area contributed by atoms with E-state index in [2.05, 4.69) is 5.43 Å². The Hall–Kier alpha value is -1.21. The van der Waals surface area contributed by atoms with Gasteiger partial charge in [0.25, 0.3) is 0 Å². The minimum absolute atomic E-state index is 0.215. The molecule has 4 nitrogen and oxygen atoms in total. The fraction of sp³-hybridized carbons (Fsp3) is 0.250. The lowest BCUT2D eigenvalue weighted by atomic mass is 10.3. The van der Waals surface area contributed by atoms with Gasteiger partial charge in [-0.1, -0.05) is 0 Å². The molecule has 0 aliphatic carbocycles. The molecule has 44 valence electrons. The van der Waals surface area contributed by atoms with Crippen molar-refractivity contribution in [2.45, 2.75) is 6.92 Å². The minimum atomic E-state index is 0.215. The van der Waals surface area contributed by atoms with Crippen LogP contribution in [0.3, 0.4) is 0 Å². The lowest BCUT2D eigenvalue weighted by Crippen LogP contribution is -2.27. The van der Waals surface area contributed by atoms with Gasteiger partial charge in [-0.25, -0.2) is 5.84 Å². The molecule has 0 atom stereocenters. The standard InChI is InChI=1S/C4H8N4/c1-3(2-5)4(6)8-7/h8H,6-7H2,1H3/b4-3+. The van der Waals surface area contributed by atoms with Gasteiger partial charge >= 0.3 is 0 Å². The van der Waals surface area contributed by atoms with Crippen molar-refractivity contribution in [3.63, 3.8) is 0 Å². The van der Waals surface area contributed by atoms with Crippen LogP contribution in [0.25, 0.3) is 0 Å². The smallest absolute Gasteiger partial charge is 0.124 e. The van der Waals surface area contributed by atoms with Gasteiger partial charge in [0, 0.05) is 0 Å². The van der Waals surface area contributed by atoms with E-state index in [1.54, 1.807) is 6.92 Å². The van der Waals surface area contributed by atoms with Gasteiger partial charge in [0.1, 0.15) is 5.82 Å². The third-order valence-corrected chi connectivity index (χ3v) is 0.727. The lowest BCUT2D eigenvalue weighted by molar-refractivity contribution is 0.856. The van der Waals surface area contributed by atoms with E-state index in [1.807, 2.05) is 6.07 Å². The summed E-state index contributed by atoms with van der Waals surface area (Å²) in [6.07, 6.45) is 0. The third-order valence-electron chi connectivity index (χ3n) is 0.727. The predicted molar refractivity (Wildman–Crippen MR) is 29.8 cm³/mol. The van der Waals surface area contributed by atoms with E-state index >= 15 is 0 Å². The molecule has 0 unspecified atom stereocenters. The monoisotopic (exact) mass is 112 g/mol. The summed E-state index contributed by atoms with van der Waals surface area (Å²) in [6.45, 7) is 1.58. The summed E-state index contributed by atoms with van der Waals surface area (Å²) in [5, 5.41) is 8.15. The van der Waals surface area contributed by atoms with Gasteiger partial charge in [0.15, 0.2) is 0 Å². The van der Waals surface area contributed by atoms with Gasteiger partial charge in [-0.3, -0.25) is 0 Å². The molecule has 0 radical (unpaired) electrons. The maximum atomic E-state index is 8.15. The number of hydrogen-bond donors (Lipinski definition) is 3. The van der Waals surface area contributed by atoms with Crippen LogP contribution in [-0.4, -0.2) is 0 Å². The summed E-state index contributed by atoms with van der Waals surface area (Å²) >= 11 is 0. The number of nitrogens with two attached hydrogens (primary N) is 2. The highest BCUT2D eigenvalue weighted by Gasteiger charge is 1.89.